The minimum absolute atomic E-state index is 0.116. The first-order valence-corrected chi connectivity index (χ1v) is 8.97. The molecule has 0 bridgehead atoms. The molecule has 0 unspecified atom stereocenters. The van der Waals surface area contributed by atoms with Crippen LogP contribution in [0.15, 0.2) is 69.9 Å². The topological polar surface area (TPSA) is 64.0 Å². The normalized spacial score (nSPS) is 10.5. The molecule has 2 aromatic carbocycles. The van der Waals surface area contributed by atoms with Gasteiger partial charge < -0.3 is 5.32 Å². The Morgan fingerprint density at radius 3 is 2.42 bits per heavy atom. The molecular weight excluding hydrogens is 394 g/mol. The molecule has 1 amide bonds. The van der Waals surface area contributed by atoms with Crippen molar-refractivity contribution in [3.05, 3.63) is 86.6 Å². The third-order valence-electron chi connectivity index (χ3n) is 3.91. The van der Waals surface area contributed by atoms with Crippen LogP contribution in [-0.4, -0.2) is 15.7 Å². The monoisotopic (exact) mass is 411 g/mol. The zero-order chi connectivity index (χ0) is 18.5. The van der Waals surface area contributed by atoms with Gasteiger partial charge in [0.15, 0.2) is 0 Å². The molecular formula is C20H18BrN3O2. The first-order chi connectivity index (χ1) is 12.5. The number of aryl methyl sites for hydroxylation is 1. The van der Waals surface area contributed by atoms with Crippen molar-refractivity contribution in [2.75, 3.05) is 0 Å². The van der Waals surface area contributed by atoms with Crippen molar-refractivity contribution in [2.45, 2.75) is 20.0 Å². The Bertz CT molecular complexity index is 964. The Morgan fingerprint density at radius 2 is 1.73 bits per heavy atom. The molecule has 0 radical (unpaired) electrons. The molecule has 0 atom stereocenters. The summed E-state index contributed by atoms with van der Waals surface area (Å²) >= 11 is 3.39. The van der Waals surface area contributed by atoms with E-state index in [1.807, 2.05) is 55.5 Å². The summed E-state index contributed by atoms with van der Waals surface area (Å²) in [6, 6.07) is 18.6. The van der Waals surface area contributed by atoms with Gasteiger partial charge in [-0.05, 0) is 30.7 Å². The largest absolute Gasteiger partial charge is 0.350 e. The van der Waals surface area contributed by atoms with Crippen LogP contribution in [0, 0.1) is 6.92 Å². The van der Waals surface area contributed by atoms with Crippen molar-refractivity contribution in [2.24, 2.45) is 0 Å². The van der Waals surface area contributed by atoms with Gasteiger partial charge in [0.05, 0.1) is 5.69 Å². The van der Waals surface area contributed by atoms with Gasteiger partial charge in [0.25, 0.3) is 5.56 Å². The van der Waals surface area contributed by atoms with Crippen LogP contribution in [-0.2, 0) is 17.9 Å². The first kappa shape index (κ1) is 18.1. The van der Waals surface area contributed by atoms with E-state index in [0.717, 1.165) is 15.6 Å². The Morgan fingerprint density at radius 1 is 1.04 bits per heavy atom. The minimum Gasteiger partial charge on any atom is -0.350 e. The minimum atomic E-state index is -0.309. The number of amides is 1. The summed E-state index contributed by atoms with van der Waals surface area (Å²) in [6.07, 6.45) is 0. The number of nitrogens with one attached hydrogen (secondary N) is 1. The first-order valence-electron chi connectivity index (χ1n) is 8.17. The number of carbonyl (C=O) groups is 1. The molecule has 1 N–H and O–H groups in total. The van der Waals surface area contributed by atoms with Gasteiger partial charge in [0, 0.05) is 22.6 Å². The summed E-state index contributed by atoms with van der Waals surface area (Å²) < 4.78 is 2.15. The Balaban J connectivity index is 1.69. The van der Waals surface area contributed by atoms with Crippen LogP contribution in [0.3, 0.4) is 0 Å². The molecule has 1 aromatic heterocycles. The standard InChI is InChI=1S/C20H18BrN3O2/c1-14-2-4-15(5-3-14)12-22-19(25)13-24-20(26)11-10-18(23-24)16-6-8-17(21)9-7-16/h2-11H,12-13H2,1H3,(H,22,25). The van der Waals surface area contributed by atoms with E-state index in [9.17, 15) is 9.59 Å². The average molecular weight is 412 g/mol. The van der Waals surface area contributed by atoms with Gasteiger partial charge in [0.2, 0.25) is 5.91 Å². The van der Waals surface area contributed by atoms with E-state index in [1.165, 1.54) is 16.3 Å². The molecule has 0 aliphatic heterocycles. The molecule has 3 aromatic rings. The highest BCUT2D eigenvalue weighted by atomic mass is 79.9. The lowest BCUT2D eigenvalue weighted by atomic mass is 10.1. The summed E-state index contributed by atoms with van der Waals surface area (Å²) in [7, 11) is 0. The molecule has 5 nitrogen and oxygen atoms in total. The van der Waals surface area contributed by atoms with Gasteiger partial charge in [-0.3, -0.25) is 9.59 Å². The third-order valence-corrected chi connectivity index (χ3v) is 4.44. The van der Waals surface area contributed by atoms with Crippen LogP contribution in [0.25, 0.3) is 11.3 Å². The van der Waals surface area contributed by atoms with Crippen LogP contribution in [0.2, 0.25) is 0 Å². The van der Waals surface area contributed by atoms with E-state index < -0.39 is 0 Å². The predicted molar refractivity (Wildman–Crippen MR) is 105 cm³/mol. The number of nitrogens with zero attached hydrogens (tertiary/aromatic N) is 2. The average Bonchev–Trinajstić information content (AvgIpc) is 2.64. The van der Waals surface area contributed by atoms with Crippen molar-refractivity contribution in [1.29, 1.82) is 0 Å². The molecule has 6 heteroatoms. The van der Waals surface area contributed by atoms with Crippen molar-refractivity contribution in [3.63, 3.8) is 0 Å². The van der Waals surface area contributed by atoms with Gasteiger partial charge in [0.1, 0.15) is 6.54 Å². The van der Waals surface area contributed by atoms with E-state index in [-0.39, 0.29) is 18.0 Å². The van der Waals surface area contributed by atoms with Gasteiger partial charge >= 0.3 is 0 Å². The molecule has 3 rings (SSSR count). The molecule has 0 aliphatic carbocycles. The second kappa shape index (κ2) is 8.10. The maximum atomic E-state index is 12.2. The third kappa shape index (κ3) is 4.67. The number of hydrogen-bond acceptors (Lipinski definition) is 3. The zero-order valence-electron chi connectivity index (χ0n) is 14.3. The smallest absolute Gasteiger partial charge is 0.267 e. The number of benzene rings is 2. The molecule has 0 saturated heterocycles. The van der Waals surface area contributed by atoms with Crippen LogP contribution in [0.5, 0.6) is 0 Å². The molecule has 0 spiro atoms. The molecule has 26 heavy (non-hydrogen) atoms. The van der Waals surface area contributed by atoms with Gasteiger partial charge in [-0.25, -0.2) is 4.68 Å². The van der Waals surface area contributed by atoms with Crippen LogP contribution in [0.4, 0.5) is 0 Å². The van der Waals surface area contributed by atoms with Gasteiger partial charge in [-0.1, -0.05) is 57.9 Å². The van der Waals surface area contributed by atoms with Crippen LogP contribution >= 0.6 is 15.9 Å². The second-order valence-electron chi connectivity index (χ2n) is 5.98. The molecule has 1 heterocycles. The van der Waals surface area contributed by atoms with E-state index >= 15 is 0 Å². The maximum absolute atomic E-state index is 12.2. The highest BCUT2D eigenvalue weighted by Crippen LogP contribution is 2.18. The van der Waals surface area contributed by atoms with E-state index in [4.69, 9.17) is 0 Å². The number of hydrogen-bond donors (Lipinski definition) is 1. The molecule has 0 aliphatic rings. The number of carbonyl (C=O) groups excluding carboxylic acids is 1. The van der Waals surface area contributed by atoms with E-state index in [2.05, 4.69) is 26.3 Å². The van der Waals surface area contributed by atoms with Crippen LogP contribution < -0.4 is 10.9 Å². The van der Waals surface area contributed by atoms with Crippen molar-refractivity contribution < 1.29 is 4.79 Å². The molecule has 132 valence electrons. The molecule has 0 fully saturated rings. The quantitative estimate of drug-likeness (QED) is 0.700. The summed E-state index contributed by atoms with van der Waals surface area (Å²) in [4.78, 5) is 24.2. The van der Waals surface area contributed by atoms with Crippen molar-refractivity contribution in [1.82, 2.24) is 15.1 Å². The summed E-state index contributed by atoms with van der Waals surface area (Å²) in [6.45, 7) is 2.31. The Kier molecular flexibility index (Phi) is 5.63. The van der Waals surface area contributed by atoms with Crippen molar-refractivity contribution in [3.8, 4) is 11.3 Å². The number of aromatic nitrogens is 2. The van der Waals surface area contributed by atoms with Gasteiger partial charge in [-0.15, -0.1) is 0 Å². The van der Waals surface area contributed by atoms with Crippen molar-refractivity contribution >= 4 is 21.8 Å². The summed E-state index contributed by atoms with van der Waals surface area (Å²) in [5.74, 6) is -0.256. The molecule has 0 saturated carbocycles. The van der Waals surface area contributed by atoms with Gasteiger partial charge in [-0.2, -0.15) is 5.10 Å². The lowest BCUT2D eigenvalue weighted by Gasteiger charge is -2.09. The lowest BCUT2D eigenvalue weighted by Crippen LogP contribution is -2.33. The Labute approximate surface area is 159 Å². The fourth-order valence-corrected chi connectivity index (χ4v) is 2.70. The predicted octanol–water partition coefficient (Wildman–Crippen LogP) is 3.30. The lowest BCUT2D eigenvalue weighted by molar-refractivity contribution is -0.122. The SMILES string of the molecule is Cc1ccc(CNC(=O)Cn2nc(-c3ccc(Br)cc3)ccc2=O)cc1. The highest BCUT2D eigenvalue weighted by molar-refractivity contribution is 9.10. The Hall–Kier alpha value is -2.73. The second-order valence-corrected chi connectivity index (χ2v) is 6.90. The van der Waals surface area contributed by atoms with E-state index in [1.54, 1.807) is 6.07 Å². The van der Waals surface area contributed by atoms with Crippen LogP contribution in [0.1, 0.15) is 11.1 Å². The summed E-state index contributed by atoms with van der Waals surface area (Å²) in [5, 5.41) is 7.12. The summed E-state index contributed by atoms with van der Waals surface area (Å²) in [5.41, 5.74) is 3.38. The van der Waals surface area contributed by atoms with E-state index in [0.29, 0.717) is 12.2 Å². The fourth-order valence-electron chi connectivity index (χ4n) is 2.44. The fraction of sp³-hybridized carbons (Fsp3) is 0.150. The highest BCUT2D eigenvalue weighted by Gasteiger charge is 2.08. The maximum Gasteiger partial charge on any atom is 0.267 e. The zero-order valence-corrected chi connectivity index (χ0v) is 15.9. The number of rotatable bonds is 5. The number of halogens is 1.